The Hall–Kier alpha value is -3.25. The lowest BCUT2D eigenvalue weighted by Crippen LogP contribution is -2.58. The Labute approximate surface area is 240 Å². The molecule has 2 aliphatic heterocycles. The molecule has 15 heteroatoms. The van der Waals surface area contributed by atoms with Crippen molar-refractivity contribution in [3.8, 4) is 6.07 Å². The summed E-state index contributed by atoms with van der Waals surface area (Å²) in [6.07, 6.45) is 4.19. The molecule has 4 atom stereocenters. The molecule has 5 amide bonds. The second-order valence-electron chi connectivity index (χ2n) is 9.58. The number of amides is 5. The number of carbonyl (C=O) groups excluding carboxylic acids is 6. The van der Waals surface area contributed by atoms with Crippen LogP contribution in [-0.4, -0.2) is 84.3 Å². The fourth-order valence-corrected chi connectivity index (χ4v) is 6.19. The second-order valence-corrected chi connectivity index (χ2v) is 12.2. The van der Waals surface area contributed by atoms with Crippen LogP contribution in [0.1, 0.15) is 44.9 Å². The summed E-state index contributed by atoms with van der Waals surface area (Å²) in [5, 5.41) is 21.8. The summed E-state index contributed by atoms with van der Waals surface area (Å²) >= 11 is 0. The van der Waals surface area contributed by atoms with Gasteiger partial charge in [0.25, 0.3) is 0 Å². The maximum atomic E-state index is 13.3. The molecular weight excluding hydrogens is 560 g/mol. The molecule has 0 spiro atoms. The zero-order valence-corrected chi connectivity index (χ0v) is 23.6. The van der Waals surface area contributed by atoms with Gasteiger partial charge in [-0.1, -0.05) is 27.7 Å². The number of nitrogens with one attached hydrogen (secondary N) is 5. The predicted octanol–water partition coefficient (Wildman–Crippen LogP) is -0.566. The molecule has 2 bridgehead atoms. The van der Waals surface area contributed by atoms with Crippen molar-refractivity contribution in [1.82, 2.24) is 26.6 Å². The lowest BCUT2D eigenvalue weighted by molar-refractivity contribution is -0.148. The molecule has 1 saturated heterocycles. The Kier molecular flexibility index (Phi) is 12.6. The van der Waals surface area contributed by atoms with Crippen LogP contribution < -0.4 is 26.6 Å². The minimum absolute atomic E-state index is 0.0699. The average molecular weight is 595 g/mol. The van der Waals surface area contributed by atoms with Crippen molar-refractivity contribution in [3.63, 3.8) is 0 Å². The molecule has 218 valence electrons. The standard InChI is InChI=1S/C25H34N6O7S2/c26-9-3-10-27-19(32)8-7-17-23(35)30-18-14-40-39-11-2-1-4-16(12-20(33)29-17)38-21(34)13-28-25(37)22(15-5-6-15)31-24(18)36/h1,4,15-18,22H,2-3,5-8,10-14H2,(H,27,32)(H,28,37)(H,29,33)(H,30,35)(H,31,36)/t16-,17-,18-,22?/m1/s1. The summed E-state index contributed by atoms with van der Waals surface area (Å²) in [5.41, 5.74) is 0. The number of nitriles is 1. The monoisotopic (exact) mass is 594 g/mol. The third-order valence-corrected chi connectivity index (χ3v) is 8.74. The van der Waals surface area contributed by atoms with E-state index < -0.39 is 66.3 Å². The summed E-state index contributed by atoms with van der Waals surface area (Å²) < 4.78 is 5.44. The molecule has 3 rings (SSSR count). The summed E-state index contributed by atoms with van der Waals surface area (Å²) in [4.78, 5) is 77.2. The van der Waals surface area contributed by atoms with Crippen LogP contribution in [0.15, 0.2) is 12.2 Å². The van der Waals surface area contributed by atoms with Gasteiger partial charge in [-0.3, -0.25) is 28.8 Å². The van der Waals surface area contributed by atoms with Crippen LogP contribution in [0.25, 0.3) is 0 Å². The first-order valence-corrected chi connectivity index (χ1v) is 15.7. The molecule has 1 saturated carbocycles. The van der Waals surface area contributed by atoms with Crippen molar-refractivity contribution in [2.24, 2.45) is 5.92 Å². The van der Waals surface area contributed by atoms with E-state index in [0.29, 0.717) is 12.2 Å². The highest BCUT2D eigenvalue weighted by atomic mass is 33.1. The van der Waals surface area contributed by atoms with Crippen LogP contribution in [0.4, 0.5) is 0 Å². The Morgan fingerprint density at radius 1 is 1.07 bits per heavy atom. The predicted molar refractivity (Wildman–Crippen MR) is 147 cm³/mol. The number of rotatable bonds is 6. The number of carbonyl (C=O) groups is 6. The molecule has 1 aliphatic carbocycles. The minimum atomic E-state index is -1.16. The molecule has 0 aromatic rings. The van der Waals surface area contributed by atoms with Gasteiger partial charge in [0.2, 0.25) is 29.5 Å². The normalized spacial score (nSPS) is 27.1. The summed E-state index contributed by atoms with van der Waals surface area (Å²) in [6.45, 7) is -0.274. The van der Waals surface area contributed by atoms with Crippen molar-refractivity contribution in [2.75, 3.05) is 24.6 Å². The zero-order chi connectivity index (χ0) is 28.9. The van der Waals surface area contributed by atoms with Gasteiger partial charge in [-0.05, 0) is 37.7 Å². The van der Waals surface area contributed by atoms with Crippen molar-refractivity contribution in [2.45, 2.75) is 69.2 Å². The second kappa shape index (κ2) is 16.1. The Morgan fingerprint density at radius 2 is 1.88 bits per heavy atom. The van der Waals surface area contributed by atoms with Crippen molar-refractivity contribution in [3.05, 3.63) is 12.2 Å². The smallest absolute Gasteiger partial charge is 0.326 e. The van der Waals surface area contributed by atoms with Gasteiger partial charge in [-0.25, -0.2) is 0 Å². The van der Waals surface area contributed by atoms with Crippen LogP contribution in [-0.2, 0) is 33.5 Å². The molecule has 40 heavy (non-hydrogen) atoms. The summed E-state index contributed by atoms with van der Waals surface area (Å²) in [6, 6.07) is -1.14. The molecule has 5 N–H and O–H groups in total. The highest BCUT2D eigenvalue weighted by molar-refractivity contribution is 8.76. The minimum Gasteiger partial charge on any atom is -0.456 e. The number of hydrogen-bond donors (Lipinski definition) is 5. The molecule has 0 aromatic carbocycles. The van der Waals surface area contributed by atoms with Gasteiger partial charge in [-0.15, -0.1) is 0 Å². The van der Waals surface area contributed by atoms with Crippen LogP contribution in [0.5, 0.6) is 0 Å². The third kappa shape index (κ3) is 10.7. The van der Waals surface area contributed by atoms with E-state index in [4.69, 9.17) is 10.00 Å². The van der Waals surface area contributed by atoms with E-state index in [1.165, 1.54) is 21.6 Å². The van der Waals surface area contributed by atoms with Gasteiger partial charge in [-0.2, -0.15) is 5.26 Å². The van der Waals surface area contributed by atoms with Crippen molar-refractivity contribution >= 4 is 57.1 Å². The molecule has 2 heterocycles. The summed E-state index contributed by atoms with van der Waals surface area (Å²) in [5.74, 6) is -2.72. The molecule has 1 unspecified atom stereocenters. The quantitative estimate of drug-likeness (QED) is 0.115. The molecule has 0 aromatic heterocycles. The average Bonchev–Trinajstić information content (AvgIpc) is 3.75. The number of nitrogens with zero attached hydrogens (tertiary/aromatic N) is 1. The number of esters is 1. The van der Waals surface area contributed by atoms with Crippen LogP contribution in [0.3, 0.4) is 0 Å². The first kappa shape index (κ1) is 31.3. The maximum Gasteiger partial charge on any atom is 0.326 e. The lowest BCUT2D eigenvalue weighted by Gasteiger charge is -2.26. The number of ether oxygens (including phenoxy) is 1. The highest BCUT2D eigenvalue weighted by Crippen LogP contribution is 2.33. The fraction of sp³-hybridized carbons (Fsp3) is 0.640. The Morgan fingerprint density at radius 3 is 2.62 bits per heavy atom. The Balaban J connectivity index is 1.87. The largest absolute Gasteiger partial charge is 0.456 e. The highest BCUT2D eigenvalue weighted by Gasteiger charge is 2.39. The first-order chi connectivity index (χ1) is 19.3. The molecular formula is C25H34N6O7S2. The molecule has 13 nitrogen and oxygen atoms in total. The van der Waals surface area contributed by atoms with E-state index in [9.17, 15) is 28.8 Å². The fourth-order valence-electron chi connectivity index (χ4n) is 4.03. The van der Waals surface area contributed by atoms with Gasteiger partial charge in [0.05, 0.1) is 18.9 Å². The number of hydrogen-bond acceptors (Lipinski definition) is 10. The van der Waals surface area contributed by atoms with Crippen molar-refractivity contribution < 1.29 is 33.5 Å². The van der Waals surface area contributed by atoms with E-state index in [0.717, 1.165) is 12.8 Å². The Bertz CT molecular complexity index is 1050. The van der Waals surface area contributed by atoms with Crippen LogP contribution in [0, 0.1) is 17.2 Å². The van der Waals surface area contributed by atoms with E-state index in [1.54, 1.807) is 12.2 Å². The van der Waals surface area contributed by atoms with Gasteiger partial charge >= 0.3 is 5.97 Å². The maximum absolute atomic E-state index is 13.3. The van der Waals surface area contributed by atoms with Gasteiger partial charge < -0.3 is 31.3 Å². The first-order valence-electron chi connectivity index (χ1n) is 13.2. The van der Waals surface area contributed by atoms with Crippen LogP contribution in [0.2, 0.25) is 0 Å². The number of fused-ring (bicyclic) bond motifs is 7. The van der Waals surface area contributed by atoms with E-state index in [1.807, 2.05) is 6.07 Å². The van der Waals surface area contributed by atoms with Gasteiger partial charge in [0, 0.05) is 24.5 Å². The van der Waals surface area contributed by atoms with Gasteiger partial charge in [0.15, 0.2) is 0 Å². The molecule has 0 radical (unpaired) electrons. The SMILES string of the molecule is N#CCCNC(=O)CC[C@H]1NC(=O)C[C@H]2C=CCCSSC[C@@H](NC1=O)C(=O)NC(C1CC1)C(=O)NCC(=O)O2. The number of allylic oxidation sites excluding steroid dienone is 1. The van der Waals surface area contributed by atoms with Crippen LogP contribution >= 0.6 is 21.6 Å². The van der Waals surface area contributed by atoms with E-state index in [-0.39, 0.29) is 43.9 Å². The van der Waals surface area contributed by atoms with E-state index in [2.05, 4.69) is 26.6 Å². The third-order valence-electron chi connectivity index (χ3n) is 6.29. The molecule has 2 fully saturated rings. The lowest BCUT2D eigenvalue weighted by atomic mass is 10.1. The van der Waals surface area contributed by atoms with Crippen molar-refractivity contribution in [1.29, 1.82) is 5.26 Å². The summed E-state index contributed by atoms with van der Waals surface area (Å²) in [7, 11) is 2.87. The van der Waals surface area contributed by atoms with Gasteiger partial charge in [0.1, 0.15) is 30.8 Å². The zero-order valence-electron chi connectivity index (χ0n) is 21.9. The topological polar surface area (TPSA) is 196 Å². The van der Waals surface area contributed by atoms with E-state index >= 15 is 0 Å². The molecule has 3 aliphatic rings.